The van der Waals surface area contributed by atoms with Crippen molar-refractivity contribution >= 4 is 25.7 Å². The summed E-state index contributed by atoms with van der Waals surface area (Å²) in [4.78, 5) is 12.3. The number of carbonyl (C=O) groups excluding carboxylic acids is 1. The fourth-order valence-corrected chi connectivity index (χ4v) is 5.04. The van der Waals surface area contributed by atoms with Crippen LogP contribution in [0.1, 0.15) is 21.5 Å². The van der Waals surface area contributed by atoms with E-state index in [1.165, 1.54) is 55.6 Å². The van der Waals surface area contributed by atoms with E-state index in [4.69, 9.17) is 4.74 Å². The maximum absolute atomic E-state index is 13.2. The molecule has 0 radical (unpaired) electrons. The number of hydrogen-bond acceptors (Lipinski definition) is 6. The van der Waals surface area contributed by atoms with Crippen molar-refractivity contribution in [3.05, 3.63) is 83.4 Å². The minimum Gasteiger partial charge on any atom is -0.497 e. The molecule has 1 N–H and O–H groups in total. The minimum atomic E-state index is -4.71. The first kappa shape index (κ1) is 21.7. The predicted molar refractivity (Wildman–Crippen MR) is 109 cm³/mol. The van der Waals surface area contributed by atoms with Crippen molar-refractivity contribution < 1.29 is 30.9 Å². The van der Waals surface area contributed by atoms with Gasteiger partial charge >= 0.3 is 0 Å². The summed E-state index contributed by atoms with van der Waals surface area (Å²) in [6, 6.07) is 15.0. The first-order valence-corrected chi connectivity index (χ1v) is 11.6. The van der Waals surface area contributed by atoms with Crippen LogP contribution in [0.15, 0.2) is 81.4 Å². The normalized spacial score (nSPS) is 11.8. The van der Waals surface area contributed by atoms with Crippen LogP contribution in [0.2, 0.25) is 0 Å². The highest BCUT2D eigenvalue weighted by atomic mass is 32.2. The zero-order valence-corrected chi connectivity index (χ0v) is 17.7. The molecule has 156 valence electrons. The van der Waals surface area contributed by atoms with Crippen LogP contribution in [0, 0.1) is 6.92 Å². The number of ketones is 1. The molecule has 0 aliphatic rings. The average Bonchev–Trinajstić information content (AvgIpc) is 2.72. The van der Waals surface area contributed by atoms with Gasteiger partial charge in [0.1, 0.15) is 10.6 Å². The van der Waals surface area contributed by atoms with Crippen molar-refractivity contribution in [3.63, 3.8) is 0 Å². The topological polar surface area (TPSA) is 115 Å². The Labute approximate surface area is 174 Å². The van der Waals surface area contributed by atoms with Gasteiger partial charge in [0.05, 0.1) is 16.9 Å². The van der Waals surface area contributed by atoms with Crippen LogP contribution in [0.3, 0.4) is 0 Å². The number of ether oxygens (including phenoxy) is 1. The van der Waals surface area contributed by atoms with E-state index in [0.29, 0.717) is 0 Å². The third-order valence-electron chi connectivity index (χ3n) is 4.46. The number of rotatable bonds is 6. The second kappa shape index (κ2) is 8.02. The monoisotopic (exact) mass is 446 g/mol. The molecule has 0 aromatic heterocycles. The van der Waals surface area contributed by atoms with Gasteiger partial charge < -0.3 is 4.74 Å². The standard InChI is InChI=1S/C21H18O7S2/c1-14-7-10-16(11-8-14)29(23,24)19-12-9-15(28-2)13-18(19)21(22)17-5-3-4-6-20(17)30(25,26)27/h3-13H,1-2H3,(H,25,26,27). The highest BCUT2D eigenvalue weighted by Gasteiger charge is 2.28. The van der Waals surface area contributed by atoms with Gasteiger partial charge in [-0.3, -0.25) is 9.35 Å². The maximum atomic E-state index is 13.2. The van der Waals surface area contributed by atoms with E-state index < -0.39 is 30.6 Å². The molecule has 0 atom stereocenters. The van der Waals surface area contributed by atoms with Crippen LogP contribution in [0.4, 0.5) is 0 Å². The van der Waals surface area contributed by atoms with Gasteiger partial charge in [0.15, 0.2) is 5.78 Å². The number of methoxy groups -OCH3 is 1. The molecule has 0 bridgehead atoms. The van der Waals surface area contributed by atoms with Crippen LogP contribution < -0.4 is 4.74 Å². The summed E-state index contributed by atoms with van der Waals surface area (Å²) in [5, 5.41) is 0. The molecule has 0 amide bonds. The molecule has 0 spiro atoms. The molecule has 0 aliphatic heterocycles. The van der Waals surface area contributed by atoms with Crippen LogP contribution in [0.5, 0.6) is 5.75 Å². The SMILES string of the molecule is COc1ccc(S(=O)(=O)c2ccc(C)cc2)c(C(=O)c2ccccc2S(=O)(=O)O)c1. The summed E-state index contributed by atoms with van der Waals surface area (Å²) in [5.41, 5.74) is 0.238. The quantitative estimate of drug-likeness (QED) is 0.456. The molecule has 0 heterocycles. The Balaban J connectivity index is 2.26. The second-order valence-electron chi connectivity index (χ2n) is 6.48. The summed E-state index contributed by atoms with van der Waals surface area (Å²) in [5.74, 6) is -0.668. The third-order valence-corrected chi connectivity index (χ3v) is 7.20. The number of sulfone groups is 1. The van der Waals surface area contributed by atoms with Crippen LogP contribution in [0.25, 0.3) is 0 Å². The molecule has 3 aromatic rings. The molecule has 3 aromatic carbocycles. The van der Waals surface area contributed by atoms with Gasteiger partial charge in [0.2, 0.25) is 9.84 Å². The Hall–Kier alpha value is -3.01. The third kappa shape index (κ3) is 4.13. The van der Waals surface area contributed by atoms with Crippen molar-refractivity contribution in [3.8, 4) is 5.75 Å². The zero-order valence-electron chi connectivity index (χ0n) is 16.1. The zero-order chi connectivity index (χ0) is 22.1. The van der Waals surface area contributed by atoms with Crippen LogP contribution in [-0.2, 0) is 20.0 Å². The van der Waals surface area contributed by atoms with E-state index in [-0.39, 0.29) is 26.7 Å². The van der Waals surface area contributed by atoms with Gasteiger partial charge in [-0.2, -0.15) is 8.42 Å². The average molecular weight is 447 g/mol. The van der Waals surface area contributed by atoms with E-state index in [2.05, 4.69) is 0 Å². The Kier molecular flexibility index (Phi) is 5.80. The summed E-state index contributed by atoms with van der Waals surface area (Å²) in [6.45, 7) is 1.81. The highest BCUT2D eigenvalue weighted by Crippen LogP contribution is 2.30. The lowest BCUT2D eigenvalue weighted by molar-refractivity contribution is 0.103. The Bertz CT molecular complexity index is 1320. The predicted octanol–water partition coefficient (Wildman–Crippen LogP) is 3.31. The Morgan fingerprint density at radius 3 is 2.07 bits per heavy atom. The largest absolute Gasteiger partial charge is 0.497 e. The van der Waals surface area contributed by atoms with Gasteiger partial charge in [0, 0.05) is 11.1 Å². The molecule has 0 unspecified atom stereocenters. The number of hydrogen-bond donors (Lipinski definition) is 1. The second-order valence-corrected chi connectivity index (χ2v) is 9.79. The number of benzene rings is 3. The molecule has 0 fully saturated rings. The Morgan fingerprint density at radius 1 is 0.833 bits per heavy atom. The van der Waals surface area contributed by atoms with Crippen LogP contribution >= 0.6 is 0 Å². The Morgan fingerprint density at radius 2 is 1.47 bits per heavy atom. The van der Waals surface area contributed by atoms with Crippen LogP contribution in [-0.4, -0.2) is 34.3 Å². The molecule has 9 heteroatoms. The highest BCUT2D eigenvalue weighted by molar-refractivity contribution is 7.91. The first-order chi connectivity index (χ1) is 14.1. The van der Waals surface area contributed by atoms with Crippen molar-refractivity contribution in [2.24, 2.45) is 0 Å². The fraction of sp³-hybridized carbons (Fsp3) is 0.0952. The molecule has 0 saturated heterocycles. The van der Waals surface area contributed by atoms with E-state index in [0.717, 1.165) is 11.6 Å². The van der Waals surface area contributed by atoms with Gasteiger partial charge in [-0.1, -0.05) is 29.8 Å². The lowest BCUT2D eigenvalue weighted by atomic mass is 10.0. The summed E-state index contributed by atoms with van der Waals surface area (Å²) in [6.07, 6.45) is 0. The lowest BCUT2D eigenvalue weighted by Crippen LogP contribution is -2.14. The molecular weight excluding hydrogens is 428 g/mol. The smallest absolute Gasteiger partial charge is 0.295 e. The van der Waals surface area contributed by atoms with Gasteiger partial charge in [0.25, 0.3) is 10.1 Å². The summed E-state index contributed by atoms with van der Waals surface area (Å²) < 4.78 is 64.5. The summed E-state index contributed by atoms with van der Waals surface area (Å²) >= 11 is 0. The van der Waals surface area contributed by atoms with Gasteiger partial charge in [-0.15, -0.1) is 0 Å². The first-order valence-electron chi connectivity index (χ1n) is 8.66. The van der Waals surface area contributed by atoms with E-state index >= 15 is 0 Å². The molecule has 3 rings (SSSR count). The van der Waals surface area contributed by atoms with Crippen molar-refractivity contribution in [1.29, 1.82) is 0 Å². The minimum absolute atomic E-state index is 0.0182. The lowest BCUT2D eigenvalue weighted by Gasteiger charge is -2.13. The fourth-order valence-electron chi connectivity index (χ4n) is 2.92. The van der Waals surface area contributed by atoms with E-state index in [1.807, 2.05) is 6.92 Å². The van der Waals surface area contributed by atoms with Gasteiger partial charge in [-0.05, 0) is 49.4 Å². The summed E-state index contributed by atoms with van der Waals surface area (Å²) in [7, 11) is -7.46. The van der Waals surface area contributed by atoms with Gasteiger partial charge in [-0.25, -0.2) is 8.42 Å². The van der Waals surface area contributed by atoms with Crippen molar-refractivity contribution in [1.82, 2.24) is 0 Å². The van der Waals surface area contributed by atoms with E-state index in [9.17, 15) is 26.2 Å². The molecular formula is C21H18O7S2. The number of carbonyl (C=O) groups is 1. The van der Waals surface area contributed by atoms with Crippen molar-refractivity contribution in [2.45, 2.75) is 21.6 Å². The maximum Gasteiger partial charge on any atom is 0.295 e. The van der Waals surface area contributed by atoms with E-state index in [1.54, 1.807) is 12.1 Å². The molecule has 0 aliphatic carbocycles. The van der Waals surface area contributed by atoms with Crippen molar-refractivity contribution in [2.75, 3.05) is 7.11 Å². The molecule has 30 heavy (non-hydrogen) atoms. The number of aryl methyl sites for hydroxylation is 1. The molecule has 0 saturated carbocycles. The molecule has 7 nitrogen and oxygen atoms in total.